The van der Waals surface area contributed by atoms with Gasteiger partial charge in [-0.15, -0.1) is 0 Å². The molecule has 0 saturated carbocycles. The van der Waals surface area contributed by atoms with Gasteiger partial charge < -0.3 is 8.98 Å². The lowest BCUT2D eigenvalue weighted by Crippen LogP contribution is -2.72. The number of furan rings is 1. The number of hydrogen-bond donors (Lipinski definition) is 0. The number of nitrogens with zero attached hydrogens (tertiary/aromatic N) is 1. The van der Waals surface area contributed by atoms with Crippen molar-refractivity contribution in [2.75, 3.05) is 0 Å². The van der Waals surface area contributed by atoms with E-state index in [9.17, 15) is 0 Å². The van der Waals surface area contributed by atoms with Crippen LogP contribution in [0.1, 0.15) is 0 Å². The molecule has 1 aliphatic rings. The summed E-state index contributed by atoms with van der Waals surface area (Å²) in [6.07, 6.45) is 0. The van der Waals surface area contributed by atoms with Crippen LogP contribution in [0.4, 0.5) is 0 Å². The molecule has 0 atom stereocenters. The third-order valence-corrected chi connectivity index (χ3v) is 15.9. The lowest BCUT2D eigenvalue weighted by atomic mass is 9.95. The van der Waals surface area contributed by atoms with Gasteiger partial charge in [-0.1, -0.05) is 158 Å². The summed E-state index contributed by atoms with van der Waals surface area (Å²) in [7, 11) is -2.66. The largest absolute Gasteiger partial charge is 0.454 e. The number of aromatic nitrogens is 1. The van der Waals surface area contributed by atoms with Gasteiger partial charge in [-0.05, 0) is 73.3 Å². The van der Waals surface area contributed by atoms with Gasteiger partial charge in [0, 0.05) is 27.2 Å². The molecule has 0 bridgehead atoms. The zero-order valence-electron chi connectivity index (χ0n) is 27.8. The summed E-state index contributed by atoms with van der Waals surface area (Å²) in [5, 5.41) is 10.4. The van der Waals surface area contributed by atoms with E-state index >= 15 is 0 Å². The van der Waals surface area contributed by atoms with Crippen LogP contribution in [0.15, 0.2) is 192 Å². The summed E-state index contributed by atoms with van der Waals surface area (Å²) in [5.74, 6) is 0. The summed E-state index contributed by atoms with van der Waals surface area (Å²) in [6, 6.07) is 69.2. The lowest BCUT2D eigenvalue weighted by Gasteiger charge is -2.31. The van der Waals surface area contributed by atoms with Gasteiger partial charge in [-0.25, -0.2) is 0 Å². The first kappa shape index (κ1) is 28.4. The second-order valence-electron chi connectivity index (χ2n) is 13.6. The molecule has 0 saturated heterocycles. The third kappa shape index (κ3) is 3.87. The summed E-state index contributed by atoms with van der Waals surface area (Å²) in [4.78, 5) is 0. The molecule has 3 heteroatoms. The molecule has 11 rings (SSSR count). The van der Waals surface area contributed by atoms with Crippen LogP contribution in [0, 0.1) is 0 Å². The monoisotopic (exact) mass is 665 g/mol. The normalized spacial score (nSPS) is 13.3. The Bertz CT molecular complexity index is 2920. The molecule has 1 aliphatic heterocycles. The Labute approximate surface area is 296 Å². The van der Waals surface area contributed by atoms with Crippen molar-refractivity contribution in [3.8, 4) is 27.9 Å². The number of fused-ring (bicyclic) bond motifs is 10. The second kappa shape index (κ2) is 10.8. The van der Waals surface area contributed by atoms with E-state index in [1.54, 1.807) is 0 Å². The van der Waals surface area contributed by atoms with Crippen molar-refractivity contribution in [1.82, 2.24) is 4.57 Å². The van der Waals surface area contributed by atoms with Gasteiger partial charge in [-0.2, -0.15) is 0 Å². The van der Waals surface area contributed by atoms with E-state index in [2.05, 4.69) is 193 Å². The zero-order chi connectivity index (χ0) is 33.5. The first-order valence-electron chi connectivity index (χ1n) is 17.6. The van der Waals surface area contributed by atoms with Gasteiger partial charge in [-0.3, -0.25) is 0 Å². The van der Waals surface area contributed by atoms with Crippen LogP contribution in [-0.2, 0) is 0 Å². The molecule has 2 nitrogen and oxygen atoms in total. The van der Waals surface area contributed by atoms with Gasteiger partial charge in [0.15, 0.2) is 13.7 Å². The molecule has 51 heavy (non-hydrogen) atoms. The van der Waals surface area contributed by atoms with Gasteiger partial charge in [0.05, 0.1) is 11.0 Å². The Kier molecular flexibility index (Phi) is 6.01. The summed E-state index contributed by atoms with van der Waals surface area (Å²) in [6.45, 7) is 0. The molecule has 10 aromatic rings. The number of para-hydroxylation sites is 3. The molecule has 3 heterocycles. The van der Waals surface area contributed by atoms with Crippen molar-refractivity contribution < 1.29 is 4.42 Å². The highest BCUT2D eigenvalue weighted by Crippen LogP contribution is 2.45. The van der Waals surface area contributed by atoms with E-state index in [0.717, 1.165) is 33.1 Å². The van der Waals surface area contributed by atoms with Crippen LogP contribution in [0.2, 0.25) is 0 Å². The Morgan fingerprint density at radius 2 is 1.04 bits per heavy atom. The first-order valence-corrected chi connectivity index (χ1v) is 19.6. The molecule has 8 aromatic carbocycles. The molecule has 0 unspecified atom stereocenters. The maximum absolute atomic E-state index is 6.93. The van der Waals surface area contributed by atoms with Gasteiger partial charge in [0.1, 0.15) is 5.58 Å². The minimum atomic E-state index is -2.66. The predicted molar refractivity (Wildman–Crippen MR) is 216 cm³/mol. The molecule has 0 fully saturated rings. The van der Waals surface area contributed by atoms with Crippen molar-refractivity contribution in [1.29, 1.82) is 0 Å². The Balaban J connectivity index is 1.28. The molecule has 0 amide bonds. The highest BCUT2D eigenvalue weighted by atomic mass is 28.3. The zero-order valence-corrected chi connectivity index (χ0v) is 28.8. The number of rotatable bonds is 4. The van der Waals surface area contributed by atoms with Crippen molar-refractivity contribution in [3.05, 3.63) is 188 Å². The van der Waals surface area contributed by atoms with Crippen molar-refractivity contribution in [2.24, 2.45) is 0 Å². The van der Waals surface area contributed by atoms with Gasteiger partial charge in [0.2, 0.25) is 0 Å². The second-order valence-corrected chi connectivity index (χ2v) is 17.3. The number of hydrogen-bond acceptors (Lipinski definition) is 1. The lowest BCUT2D eigenvalue weighted by molar-refractivity contribution is 0.671. The summed E-state index contributed by atoms with van der Waals surface area (Å²) < 4.78 is 9.31. The van der Waals surface area contributed by atoms with Crippen LogP contribution in [0.3, 0.4) is 0 Å². The maximum atomic E-state index is 6.93. The Morgan fingerprint density at radius 3 is 1.80 bits per heavy atom. The van der Waals surface area contributed by atoms with Crippen molar-refractivity contribution >= 4 is 72.6 Å². The van der Waals surface area contributed by atoms with E-state index in [0.29, 0.717) is 0 Å². The van der Waals surface area contributed by atoms with Crippen molar-refractivity contribution in [2.45, 2.75) is 0 Å². The van der Waals surface area contributed by atoms with Crippen LogP contribution >= 0.6 is 0 Å². The van der Waals surface area contributed by atoms with Crippen LogP contribution in [0.5, 0.6) is 0 Å². The maximum Gasteiger partial charge on any atom is 0.180 e. The molecule has 238 valence electrons. The highest BCUT2D eigenvalue weighted by molar-refractivity contribution is 7.22. The topological polar surface area (TPSA) is 18.1 Å². The van der Waals surface area contributed by atoms with Gasteiger partial charge >= 0.3 is 0 Å². The fourth-order valence-corrected chi connectivity index (χ4v) is 14.2. The smallest absolute Gasteiger partial charge is 0.180 e. The molecule has 0 radical (unpaired) electrons. The average molecular weight is 666 g/mol. The fourth-order valence-electron chi connectivity index (χ4n) is 9.02. The van der Waals surface area contributed by atoms with Gasteiger partial charge in [0.25, 0.3) is 0 Å². The number of benzene rings is 8. The average Bonchev–Trinajstić information content (AvgIpc) is 3.85. The first-order chi connectivity index (χ1) is 25.3. The minimum Gasteiger partial charge on any atom is -0.454 e. The molecular formula is C48H31NOSi. The SMILES string of the molecule is c1ccc(-n2c3ccccc3c3cc(-c4ccc5c(c4)[Si](c4ccccc4)(c4ccccc4)c4ccccc4-5)c4c5ccccc5oc4c32)cc1. The van der Waals surface area contributed by atoms with E-state index in [1.165, 1.54) is 59.3 Å². The predicted octanol–water partition coefficient (Wildman–Crippen LogP) is 9.71. The third-order valence-electron chi connectivity index (χ3n) is 11.1. The Morgan fingerprint density at radius 1 is 0.431 bits per heavy atom. The molecule has 0 N–H and O–H groups in total. The van der Waals surface area contributed by atoms with E-state index in [-0.39, 0.29) is 0 Å². The van der Waals surface area contributed by atoms with Crippen LogP contribution in [-0.4, -0.2) is 12.6 Å². The quantitative estimate of drug-likeness (QED) is 0.171. The fraction of sp³-hybridized carbons (Fsp3) is 0. The molecule has 0 spiro atoms. The summed E-state index contributed by atoms with van der Waals surface area (Å²) >= 11 is 0. The summed E-state index contributed by atoms with van der Waals surface area (Å²) in [5.41, 5.74) is 10.3. The van der Waals surface area contributed by atoms with Crippen LogP contribution in [0.25, 0.3) is 71.7 Å². The van der Waals surface area contributed by atoms with E-state index in [4.69, 9.17) is 4.42 Å². The molecule has 2 aromatic heterocycles. The van der Waals surface area contributed by atoms with E-state index in [1.807, 2.05) is 0 Å². The minimum absolute atomic E-state index is 0.900. The van der Waals surface area contributed by atoms with E-state index < -0.39 is 8.07 Å². The van der Waals surface area contributed by atoms with Crippen molar-refractivity contribution in [3.63, 3.8) is 0 Å². The molecule has 0 aliphatic carbocycles. The highest BCUT2D eigenvalue weighted by Gasteiger charge is 2.48. The molecular weight excluding hydrogens is 635 g/mol. The van der Waals surface area contributed by atoms with Crippen LogP contribution < -0.4 is 20.7 Å². The standard InChI is InChI=1S/C48H31NOSi/c1-4-16-33(17-5-1)49-42-25-13-10-22-36(42)41-31-40(46-39-24-11-14-26-43(39)50-48(46)47(41)49)32-28-29-38-37-23-12-15-27-44(37)51(45(38)30-32,34-18-6-2-7-19-34)35-20-8-3-9-21-35/h1-31H. The Hall–Kier alpha value is -6.42.